The molecule has 0 aromatic heterocycles. The fraction of sp³-hybridized carbons (Fsp3) is 0.667. The first-order valence-corrected chi connectivity index (χ1v) is 4.12. The molecule has 0 spiro atoms. The highest BCUT2D eigenvalue weighted by Crippen LogP contribution is 2.15. The molecule has 0 aliphatic rings. The molecule has 1 atom stereocenters. The van der Waals surface area contributed by atoms with Crippen LogP contribution in [-0.4, -0.2) is 24.1 Å². The van der Waals surface area contributed by atoms with E-state index in [1.807, 2.05) is 0 Å². The summed E-state index contributed by atoms with van der Waals surface area (Å²) in [4.78, 5) is 35.2. The Morgan fingerprint density at radius 3 is 2.21 bits per heavy atom. The number of ether oxygens (including phenoxy) is 1. The van der Waals surface area contributed by atoms with Crippen molar-refractivity contribution in [3.63, 3.8) is 0 Å². The van der Waals surface area contributed by atoms with Crippen LogP contribution in [0.1, 0.15) is 27.7 Å². The number of hydrogen-bond donors (Lipinski definition) is 0. The van der Waals surface area contributed by atoms with Crippen LogP contribution in [0.25, 0.3) is 0 Å². The first-order valence-electron chi connectivity index (χ1n) is 4.12. The lowest BCUT2D eigenvalue weighted by Gasteiger charge is -2.15. The van der Waals surface area contributed by atoms with Gasteiger partial charge in [-0.3, -0.25) is 4.79 Å². The molecule has 0 aliphatic carbocycles. The summed E-state index contributed by atoms with van der Waals surface area (Å²) >= 11 is 0. The predicted octanol–water partition coefficient (Wildman–Crippen LogP) is 0.827. The van der Waals surface area contributed by atoms with Crippen molar-refractivity contribution in [2.24, 2.45) is 10.4 Å². The fourth-order valence-corrected chi connectivity index (χ4v) is 0.461. The van der Waals surface area contributed by atoms with Gasteiger partial charge in [0.25, 0.3) is 0 Å². The van der Waals surface area contributed by atoms with Crippen LogP contribution in [0, 0.1) is 5.41 Å². The van der Waals surface area contributed by atoms with E-state index in [1.165, 1.54) is 13.0 Å². The van der Waals surface area contributed by atoms with Crippen molar-refractivity contribution >= 4 is 18.0 Å². The van der Waals surface area contributed by atoms with E-state index in [9.17, 15) is 14.4 Å². The summed E-state index contributed by atoms with van der Waals surface area (Å²) in [5.41, 5.74) is -0.750. The summed E-state index contributed by atoms with van der Waals surface area (Å²) < 4.78 is 4.48. The summed E-state index contributed by atoms with van der Waals surface area (Å²) in [6.07, 6.45) is 1.22. The van der Waals surface area contributed by atoms with Gasteiger partial charge in [-0.25, -0.2) is 9.59 Å². The van der Waals surface area contributed by atoms with Gasteiger partial charge in [0.2, 0.25) is 6.08 Å². The van der Waals surface area contributed by atoms with Crippen LogP contribution in [0.5, 0.6) is 0 Å². The van der Waals surface area contributed by atoms with Crippen molar-refractivity contribution < 1.29 is 19.1 Å². The minimum Gasteiger partial charge on any atom is -0.391 e. The average molecular weight is 199 g/mol. The average Bonchev–Trinajstić information content (AvgIpc) is 2.02. The van der Waals surface area contributed by atoms with E-state index < -0.39 is 23.4 Å². The second kappa shape index (κ2) is 4.67. The number of isocyanates is 1. The lowest BCUT2D eigenvalue weighted by atomic mass is 9.97. The van der Waals surface area contributed by atoms with Gasteiger partial charge < -0.3 is 4.74 Å². The van der Waals surface area contributed by atoms with E-state index in [-0.39, 0.29) is 0 Å². The second-order valence-corrected chi connectivity index (χ2v) is 3.85. The Balaban J connectivity index is 4.34. The van der Waals surface area contributed by atoms with Crippen LogP contribution < -0.4 is 0 Å². The fourth-order valence-electron chi connectivity index (χ4n) is 0.461. The molecule has 78 valence electrons. The van der Waals surface area contributed by atoms with Gasteiger partial charge in [-0.2, -0.15) is 4.99 Å². The molecule has 0 aromatic carbocycles. The van der Waals surface area contributed by atoms with Gasteiger partial charge in [0.15, 0.2) is 6.04 Å². The monoisotopic (exact) mass is 199 g/mol. The van der Waals surface area contributed by atoms with Crippen molar-refractivity contribution in [3.05, 3.63) is 0 Å². The summed E-state index contributed by atoms with van der Waals surface area (Å²) in [5, 5.41) is 0. The number of hydrogen-bond acceptors (Lipinski definition) is 5. The normalized spacial score (nSPS) is 12.6. The van der Waals surface area contributed by atoms with Crippen molar-refractivity contribution in [1.82, 2.24) is 0 Å². The highest BCUT2D eigenvalue weighted by Gasteiger charge is 2.27. The number of rotatable bonds is 2. The van der Waals surface area contributed by atoms with E-state index >= 15 is 0 Å². The van der Waals surface area contributed by atoms with E-state index in [0.29, 0.717) is 0 Å². The maximum atomic E-state index is 11.2. The first kappa shape index (κ1) is 12.5. The van der Waals surface area contributed by atoms with Crippen LogP contribution in [0.2, 0.25) is 0 Å². The minimum atomic E-state index is -0.987. The van der Waals surface area contributed by atoms with Crippen LogP contribution in [0.4, 0.5) is 0 Å². The zero-order valence-corrected chi connectivity index (χ0v) is 8.66. The maximum Gasteiger partial charge on any atom is 0.339 e. The molecular weight excluding hydrogens is 186 g/mol. The molecule has 0 N–H and O–H groups in total. The molecule has 0 bridgehead atoms. The Kier molecular flexibility index (Phi) is 4.18. The van der Waals surface area contributed by atoms with Crippen LogP contribution in [-0.2, 0) is 19.1 Å². The number of carbonyl (C=O) groups excluding carboxylic acids is 3. The zero-order chi connectivity index (χ0) is 11.4. The number of nitrogens with zero attached hydrogens (tertiary/aromatic N) is 1. The van der Waals surface area contributed by atoms with Crippen molar-refractivity contribution in [2.75, 3.05) is 0 Å². The highest BCUT2D eigenvalue weighted by atomic mass is 16.6. The van der Waals surface area contributed by atoms with Gasteiger partial charge in [0.1, 0.15) is 0 Å². The summed E-state index contributed by atoms with van der Waals surface area (Å²) in [6, 6.07) is -0.987. The lowest BCUT2D eigenvalue weighted by Crippen LogP contribution is -2.29. The van der Waals surface area contributed by atoms with Crippen molar-refractivity contribution in [3.8, 4) is 0 Å². The number of aliphatic imine (C=N–C) groups is 1. The van der Waals surface area contributed by atoms with Crippen LogP contribution >= 0.6 is 0 Å². The maximum absolute atomic E-state index is 11.2. The van der Waals surface area contributed by atoms with Gasteiger partial charge in [-0.15, -0.1) is 0 Å². The van der Waals surface area contributed by atoms with Gasteiger partial charge in [-0.1, -0.05) is 0 Å². The smallest absolute Gasteiger partial charge is 0.339 e. The summed E-state index contributed by atoms with van der Waals surface area (Å²) in [6.45, 7) is 6.21. The molecule has 5 heteroatoms. The number of carbonyl (C=O) groups is 2. The zero-order valence-electron chi connectivity index (χ0n) is 8.66. The predicted molar refractivity (Wildman–Crippen MR) is 48.1 cm³/mol. The van der Waals surface area contributed by atoms with Gasteiger partial charge in [0, 0.05) is 0 Å². The molecule has 0 fully saturated rings. The Bertz CT molecular complexity index is 284. The Morgan fingerprint density at radius 2 is 1.86 bits per heavy atom. The molecule has 0 aliphatic heterocycles. The molecule has 0 saturated carbocycles. The molecular formula is C9H13NO4. The van der Waals surface area contributed by atoms with Crippen LogP contribution in [0.15, 0.2) is 4.99 Å². The van der Waals surface area contributed by atoms with Gasteiger partial charge in [0.05, 0.1) is 5.41 Å². The van der Waals surface area contributed by atoms with Crippen molar-refractivity contribution in [1.29, 1.82) is 0 Å². The molecule has 0 aromatic rings. The van der Waals surface area contributed by atoms with Crippen LogP contribution in [0.3, 0.4) is 0 Å². The SMILES string of the molecule is CC(N=C=O)C(=O)OC(=O)C(C)(C)C. The summed E-state index contributed by atoms with van der Waals surface area (Å²) in [5.74, 6) is -1.48. The van der Waals surface area contributed by atoms with Crippen molar-refractivity contribution in [2.45, 2.75) is 33.7 Å². The third-order valence-electron chi connectivity index (χ3n) is 1.39. The van der Waals surface area contributed by atoms with E-state index in [0.717, 1.165) is 0 Å². The third kappa shape index (κ3) is 3.96. The molecule has 0 radical (unpaired) electrons. The second-order valence-electron chi connectivity index (χ2n) is 3.85. The third-order valence-corrected chi connectivity index (χ3v) is 1.39. The Hall–Kier alpha value is -1.48. The molecule has 0 heterocycles. The molecule has 1 unspecified atom stereocenters. The topological polar surface area (TPSA) is 72.8 Å². The van der Waals surface area contributed by atoms with E-state index in [2.05, 4.69) is 9.73 Å². The van der Waals surface area contributed by atoms with Gasteiger partial charge in [-0.05, 0) is 27.7 Å². The lowest BCUT2D eigenvalue weighted by molar-refractivity contribution is -0.166. The molecule has 0 rings (SSSR count). The molecule has 0 amide bonds. The Morgan fingerprint density at radius 1 is 1.36 bits per heavy atom. The standard InChI is InChI=1S/C9H13NO4/c1-6(10-5-11)7(12)14-8(13)9(2,3)4/h6H,1-4H3. The molecule has 0 saturated heterocycles. The van der Waals surface area contributed by atoms with E-state index in [1.54, 1.807) is 20.8 Å². The quantitative estimate of drug-likeness (QED) is 0.286. The highest BCUT2D eigenvalue weighted by molar-refractivity contribution is 5.90. The molecule has 14 heavy (non-hydrogen) atoms. The first-order chi connectivity index (χ1) is 6.29. The van der Waals surface area contributed by atoms with E-state index in [4.69, 9.17) is 0 Å². The Labute approximate surface area is 82.2 Å². The summed E-state index contributed by atoms with van der Waals surface area (Å²) in [7, 11) is 0. The largest absolute Gasteiger partial charge is 0.391 e. The molecule has 5 nitrogen and oxygen atoms in total. The minimum absolute atomic E-state index is 0.643. The number of esters is 2. The van der Waals surface area contributed by atoms with Gasteiger partial charge >= 0.3 is 11.9 Å².